The van der Waals surface area contributed by atoms with Crippen molar-refractivity contribution in [2.75, 3.05) is 6.61 Å². The molecule has 0 bridgehead atoms. The van der Waals surface area contributed by atoms with E-state index in [1.807, 2.05) is 24.3 Å². The number of fused-ring (bicyclic) bond motifs is 1. The number of aliphatic carboxylic acids is 1. The lowest BCUT2D eigenvalue weighted by Crippen LogP contribution is -2.41. The highest BCUT2D eigenvalue weighted by Gasteiger charge is 2.38. The summed E-state index contributed by atoms with van der Waals surface area (Å²) in [5, 5.41) is 18.4. The van der Waals surface area contributed by atoms with Gasteiger partial charge in [-0.3, -0.25) is 9.79 Å². The molecule has 0 aliphatic carbocycles. The van der Waals surface area contributed by atoms with Gasteiger partial charge in [-0.15, -0.1) is 0 Å². The molecule has 1 aromatic rings. The van der Waals surface area contributed by atoms with E-state index >= 15 is 0 Å². The maximum atomic E-state index is 10.8. The Balaban J connectivity index is 2.35. The molecule has 1 heterocycles. The maximum Gasteiger partial charge on any atom is 0.320 e. The number of carboxylic acids is 1. The molecule has 5 nitrogen and oxygen atoms in total. The smallest absolute Gasteiger partial charge is 0.320 e. The molecule has 2 unspecified atom stereocenters. The van der Waals surface area contributed by atoms with Crippen molar-refractivity contribution in [1.29, 1.82) is 0 Å². The minimum Gasteiger partial charge on any atom is -0.480 e. The van der Waals surface area contributed by atoms with Crippen LogP contribution in [0.3, 0.4) is 0 Å². The number of hydrogen-bond donors (Lipinski definition) is 3. The minimum atomic E-state index is -1.07. The van der Waals surface area contributed by atoms with E-state index in [0.29, 0.717) is 0 Å². The first kappa shape index (κ1) is 11.8. The normalized spacial score (nSPS) is 23.4. The van der Waals surface area contributed by atoms with Gasteiger partial charge in [0.05, 0.1) is 17.7 Å². The number of carboxylic acid groups (broad SMARTS) is 1. The zero-order chi connectivity index (χ0) is 12.5. The van der Waals surface area contributed by atoms with Crippen molar-refractivity contribution in [3.8, 4) is 0 Å². The summed E-state index contributed by atoms with van der Waals surface area (Å²) in [6, 6.07) is 6.34. The zero-order valence-corrected chi connectivity index (χ0v) is 9.21. The molecule has 0 radical (unpaired) electrons. The van der Waals surface area contributed by atoms with Gasteiger partial charge < -0.3 is 15.9 Å². The van der Waals surface area contributed by atoms with Gasteiger partial charge in [0.25, 0.3) is 0 Å². The molecular weight excluding hydrogens is 220 g/mol. The molecule has 1 aromatic carbocycles. The molecule has 4 N–H and O–H groups in total. The van der Waals surface area contributed by atoms with Gasteiger partial charge in [-0.2, -0.15) is 0 Å². The van der Waals surface area contributed by atoms with Crippen LogP contribution in [0.15, 0.2) is 29.3 Å². The van der Waals surface area contributed by atoms with Gasteiger partial charge >= 0.3 is 5.97 Å². The summed E-state index contributed by atoms with van der Waals surface area (Å²) >= 11 is 0. The van der Waals surface area contributed by atoms with Crippen LogP contribution in [0.2, 0.25) is 0 Å². The Hall–Kier alpha value is -1.72. The van der Waals surface area contributed by atoms with Gasteiger partial charge in [0, 0.05) is 6.21 Å². The number of carbonyl (C=O) groups is 1. The Labute approximate surface area is 98.6 Å². The van der Waals surface area contributed by atoms with Crippen LogP contribution in [0, 0.1) is 0 Å². The molecule has 17 heavy (non-hydrogen) atoms. The van der Waals surface area contributed by atoms with E-state index in [1.54, 1.807) is 6.21 Å². The van der Waals surface area contributed by atoms with Crippen LogP contribution >= 0.6 is 0 Å². The second kappa shape index (κ2) is 4.27. The Morgan fingerprint density at radius 2 is 2.18 bits per heavy atom. The SMILES string of the molecule is NC(CC1(CO)C=Nc2ccccc21)C(=O)O. The number of benzene rings is 1. The van der Waals surface area contributed by atoms with Gasteiger partial charge in [0.1, 0.15) is 6.04 Å². The van der Waals surface area contributed by atoms with Crippen LogP contribution < -0.4 is 5.73 Å². The van der Waals surface area contributed by atoms with E-state index in [4.69, 9.17) is 10.8 Å². The van der Waals surface area contributed by atoms with Crippen molar-refractivity contribution in [3.63, 3.8) is 0 Å². The summed E-state index contributed by atoms with van der Waals surface area (Å²) < 4.78 is 0. The number of aliphatic imine (C=N–C) groups is 1. The third kappa shape index (κ3) is 1.94. The summed E-state index contributed by atoms with van der Waals surface area (Å²) in [5.41, 5.74) is 6.37. The van der Waals surface area contributed by atoms with Gasteiger partial charge in [0.15, 0.2) is 0 Å². The molecule has 0 fully saturated rings. The highest BCUT2D eigenvalue weighted by molar-refractivity contribution is 5.86. The lowest BCUT2D eigenvalue weighted by atomic mass is 9.78. The van der Waals surface area contributed by atoms with Crippen LogP contribution in [0.25, 0.3) is 0 Å². The molecule has 0 saturated carbocycles. The molecule has 90 valence electrons. The van der Waals surface area contributed by atoms with E-state index < -0.39 is 17.4 Å². The van der Waals surface area contributed by atoms with Crippen molar-refractivity contribution >= 4 is 17.9 Å². The third-order valence-corrected chi connectivity index (χ3v) is 3.07. The molecule has 2 atom stereocenters. The van der Waals surface area contributed by atoms with Crippen LogP contribution in [-0.4, -0.2) is 35.0 Å². The van der Waals surface area contributed by atoms with Crippen molar-refractivity contribution in [2.45, 2.75) is 17.9 Å². The van der Waals surface area contributed by atoms with Gasteiger partial charge in [-0.05, 0) is 18.1 Å². The number of para-hydroxylation sites is 1. The summed E-state index contributed by atoms with van der Waals surface area (Å²) in [5.74, 6) is -1.07. The Kier molecular flexibility index (Phi) is 2.95. The fourth-order valence-electron chi connectivity index (χ4n) is 2.10. The van der Waals surface area contributed by atoms with Crippen molar-refractivity contribution < 1.29 is 15.0 Å². The van der Waals surface area contributed by atoms with E-state index in [2.05, 4.69) is 4.99 Å². The first-order valence-corrected chi connectivity index (χ1v) is 5.33. The van der Waals surface area contributed by atoms with E-state index in [0.717, 1.165) is 11.3 Å². The highest BCUT2D eigenvalue weighted by Crippen LogP contribution is 2.39. The molecule has 1 aliphatic rings. The number of nitrogens with zero attached hydrogens (tertiary/aromatic N) is 1. The minimum absolute atomic E-state index is 0.138. The zero-order valence-electron chi connectivity index (χ0n) is 9.21. The number of rotatable bonds is 4. The topological polar surface area (TPSA) is 95.9 Å². The molecule has 5 heteroatoms. The van der Waals surface area contributed by atoms with Crippen LogP contribution in [0.5, 0.6) is 0 Å². The fraction of sp³-hybridized carbons (Fsp3) is 0.333. The largest absolute Gasteiger partial charge is 0.480 e. The molecule has 0 amide bonds. The van der Waals surface area contributed by atoms with E-state index in [-0.39, 0.29) is 13.0 Å². The van der Waals surface area contributed by atoms with Crippen LogP contribution in [0.1, 0.15) is 12.0 Å². The Morgan fingerprint density at radius 3 is 2.82 bits per heavy atom. The second-order valence-electron chi connectivity index (χ2n) is 4.24. The summed E-state index contributed by atoms with van der Waals surface area (Å²) in [4.78, 5) is 15.0. The number of aliphatic hydroxyl groups is 1. The molecule has 0 aromatic heterocycles. The lowest BCUT2D eigenvalue weighted by Gasteiger charge is -2.26. The second-order valence-corrected chi connectivity index (χ2v) is 4.24. The fourth-order valence-corrected chi connectivity index (χ4v) is 2.10. The quantitative estimate of drug-likeness (QED) is 0.704. The number of hydrogen-bond acceptors (Lipinski definition) is 4. The van der Waals surface area contributed by atoms with Crippen LogP contribution in [0.4, 0.5) is 5.69 Å². The average Bonchev–Trinajstić information content (AvgIpc) is 2.69. The predicted octanol–water partition coefficient (Wildman–Crippen LogP) is 0.435. The van der Waals surface area contributed by atoms with Crippen molar-refractivity contribution in [2.24, 2.45) is 10.7 Å². The number of nitrogens with two attached hydrogens (primary N) is 1. The monoisotopic (exact) mass is 234 g/mol. The lowest BCUT2D eigenvalue weighted by molar-refractivity contribution is -0.138. The highest BCUT2D eigenvalue weighted by atomic mass is 16.4. The Bertz CT molecular complexity index is 473. The van der Waals surface area contributed by atoms with E-state index in [9.17, 15) is 9.90 Å². The van der Waals surface area contributed by atoms with Crippen molar-refractivity contribution in [3.05, 3.63) is 29.8 Å². The summed E-state index contributed by atoms with van der Waals surface area (Å²) in [6.45, 7) is -0.200. The Morgan fingerprint density at radius 1 is 1.47 bits per heavy atom. The number of aliphatic hydroxyl groups excluding tert-OH is 1. The van der Waals surface area contributed by atoms with Gasteiger partial charge in [0.2, 0.25) is 0 Å². The first-order chi connectivity index (χ1) is 8.09. The van der Waals surface area contributed by atoms with Gasteiger partial charge in [-0.1, -0.05) is 18.2 Å². The summed E-state index contributed by atoms with van der Waals surface area (Å²) in [6.07, 6.45) is 1.74. The first-order valence-electron chi connectivity index (χ1n) is 5.33. The van der Waals surface area contributed by atoms with Crippen molar-refractivity contribution in [1.82, 2.24) is 0 Å². The third-order valence-electron chi connectivity index (χ3n) is 3.07. The molecule has 0 saturated heterocycles. The van der Waals surface area contributed by atoms with Crippen LogP contribution in [-0.2, 0) is 10.2 Å². The molecule has 2 rings (SSSR count). The average molecular weight is 234 g/mol. The maximum absolute atomic E-state index is 10.8. The molecular formula is C12H14N2O3. The summed E-state index contributed by atoms with van der Waals surface area (Å²) in [7, 11) is 0. The van der Waals surface area contributed by atoms with E-state index in [1.165, 1.54) is 0 Å². The standard InChI is InChI=1S/C12H14N2O3/c13-9(11(16)17)5-12(7-15)6-14-10-4-2-1-3-8(10)12/h1-4,6,9,15H,5,7,13H2,(H,16,17). The predicted molar refractivity (Wildman–Crippen MR) is 63.6 cm³/mol. The molecule has 0 spiro atoms. The van der Waals surface area contributed by atoms with Gasteiger partial charge in [-0.25, -0.2) is 0 Å². The molecule has 1 aliphatic heterocycles.